The second-order valence-electron chi connectivity index (χ2n) is 4.65. The van der Waals surface area contributed by atoms with Crippen molar-refractivity contribution in [3.05, 3.63) is 35.4 Å². The van der Waals surface area contributed by atoms with Crippen LogP contribution in [0.4, 0.5) is 8.78 Å². The van der Waals surface area contributed by atoms with Gasteiger partial charge in [-0.3, -0.25) is 0 Å². The van der Waals surface area contributed by atoms with Gasteiger partial charge in [0.1, 0.15) is 0 Å². The Balaban J connectivity index is 2.81. The molecule has 0 bridgehead atoms. The quantitative estimate of drug-likeness (QED) is 0.803. The summed E-state index contributed by atoms with van der Waals surface area (Å²) in [5, 5.41) is 10.4. The minimum atomic E-state index is -0.849. The summed E-state index contributed by atoms with van der Waals surface area (Å²) in [6.07, 6.45) is 3.49. The predicted molar refractivity (Wildman–Crippen MR) is 64.8 cm³/mol. The number of rotatable bonds is 6. The van der Waals surface area contributed by atoms with E-state index in [0.29, 0.717) is 24.8 Å². The molecule has 3 heteroatoms. The van der Waals surface area contributed by atoms with Gasteiger partial charge in [-0.1, -0.05) is 32.8 Å². The third-order valence-corrected chi connectivity index (χ3v) is 2.95. The van der Waals surface area contributed by atoms with Crippen LogP contribution in [-0.4, -0.2) is 10.7 Å². The summed E-state index contributed by atoms with van der Waals surface area (Å²) >= 11 is 0. The normalized spacial score (nSPS) is 11.8. The van der Waals surface area contributed by atoms with Gasteiger partial charge >= 0.3 is 0 Å². The Morgan fingerprint density at radius 3 is 2.12 bits per heavy atom. The molecule has 0 saturated carbocycles. The van der Waals surface area contributed by atoms with Crippen molar-refractivity contribution in [2.24, 2.45) is 0 Å². The average molecular weight is 242 g/mol. The smallest absolute Gasteiger partial charge is 0.159 e. The molecule has 0 amide bonds. The van der Waals surface area contributed by atoms with Crippen molar-refractivity contribution in [2.75, 3.05) is 0 Å². The van der Waals surface area contributed by atoms with Gasteiger partial charge in [-0.05, 0) is 30.5 Å². The van der Waals surface area contributed by atoms with Crippen LogP contribution in [0.25, 0.3) is 0 Å². The van der Waals surface area contributed by atoms with Gasteiger partial charge < -0.3 is 5.11 Å². The van der Waals surface area contributed by atoms with Gasteiger partial charge in [-0.2, -0.15) is 0 Å². The lowest BCUT2D eigenvalue weighted by Gasteiger charge is -2.27. The fraction of sp³-hybridized carbons (Fsp3) is 0.571. The highest BCUT2D eigenvalue weighted by Crippen LogP contribution is 2.25. The topological polar surface area (TPSA) is 20.2 Å². The van der Waals surface area contributed by atoms with Crippen LogP contribution in [0.3, 0.4) is 0 Å². The van der Waals surface area contributed by atoms with Gasteiger partial charge in [0.25, 0.3) is 0 Å². The SMILES string of the molecule is CCCC(O)(CCC)Cc1ccc(F)c(F)c1. The molecule has 0 aromatic heterocycles. The van der Waals surface area contributed by atoms with E-state index in [1.807, 2.05) is 13.8 Å². The maximum absolute atomic E-state index is 13.1. The number of hydrogen-bond acceptors (Lipinski definition) is 1. The molecule has 0 atom stereocenters. The van der Waals surface area contributed by atoms with Crippen LogP contribution in [0.2, 0.25) is 0 Å². The Bertz CT molecular complexity index is 357. The molecule has 17 heavy (non-hydrogen) atoms. The minimum absolute atomic E-state index is 0.381. The van der Waals surface area contributed by atoms with Gasteiger partial charge in [0.05, 0.1) is 5.60 Å². The molecule has 0 aliphatic rings. The first-order valence-corrected chi connectivity index (χ1v) is 6.17. The molecule has 0 saturated heterocycles. The molecule has 0 unspecified atom stereocenters. The highest BCUT2D eigenvalue weighted by molar-refractivity contribution is 5.19. The van der Waals surface area contributed by atoms with Crippen LogP contribution in [0.15, 0.2) is 18.2 Å². The molecule has 0 fully saturated rings. The molecule has 0 spiro atoms. The van der Waals surface area contributed by atoms with Gasteiger partial charge in [0.2, 0.25) is 0 Å². The summed E-state index contributed by atoms with van der Waals surface area (Å²) in [4.78, 5) is 0. The van der Waals surface area contributed by atoms with Crippen molar-refractivity contribution in [3.8, 4) is 0 Å². The van der Waals surface area contributed by atoms with Gasteiger partial charge in [-0.15, -0.1) is 0 Å². The molecule has 1 N–H and O–H groups in total. The van der Waals surface area contributed by atoms with Crippen LogP contribution < -0.4 is 0 Å². The molecular weight excluding hydrogens is 222 g/mol. The molecule has 1 rings (SSSR count). The van der Waals surface area contributed by atoms with E-state index < -0.39 is 17.2 Å². The van der Waals surface area contributed by atoms with Crippen molar-refractivity contribution in [1.29, 1.82) is 0 Å². The monoisotopic (exact) mass is 242 g/mol. The summed E-state index contributed by atoms with van der Waals surface area (Å²) in [5.74, 6) is -1.69. The van der Waals surface area contributed by atoms with Crippen LogP contribution >= 0.6 is 0 Å². The van der Waals surface area contributed by atoms with Crippen LogP contribution in [-0.2, 0) is 6.42 Å². The second kappa shape index (κ2) is 6.10. The predicted octanol–water partition coefficient (Wildman–Crippen LogP) is 3.84. The Labute approximate surface area is 101 Å². The molecule has 1 aromatic rings. The van der Waals surface area contributed by atoms with E-state index in [2.05, 4.69) is 0 Å². The summed E-state index contributed by atoms with van der Waals surface area (Å²) in [5.41, 5.74) is -0.151. The first-order valence-electron chi connectivity index (χ1n) is 6.17. The number of halogens is 2. The molecular formula is C14H20F2O. The van der Waals surface area contributed by atoms with E-state index in [4.69, 9.17) is 0 Å². The average Bonchev–Trinajstić information content (AvgIpc) is 2.24. The Morgan fingerprint density at radius 1 is 1.06 bits per heavy atom. The summed E-state index contributed by atoms with van der Waals surface area (Å²) in [7, 11) is 0. The van der Waals surface area contributed by atoms with Crippen molar-refractivity contribution in [3.63, 3.8) is 0 Å². The molecule has 1 aromatic carbocycles. The fourth-order valence-corrected chi connectivity index (χ4v) is 2.26. The van der Waals surface area contributed by atoms with Crippen LogP contribution in [0.5, 0.6) is 0 Å². The summed E-state index contributed by atoms with van der Waals surface area (Å²) < 4.78 is 25.9. The molecule has 0 aliphatic carbocycles. The third-order valence-electron chi connectivity index (χ3n) is 2.95. The lowest BCUT2D eigenvalue weighted by Crippen LogP contribution is -2.31. The van der Waals surface area contributed by atoms with E-state index in [9.17, 15) is 13.9 Å². The zero-order chi connectivity index (χ0) is 12.9. The number of hydrogen-bond donors (Lipinski definition) is 1. The molecule has 0 radical (unpaired) electrons. The lowest BCUT2D eigenvalue weighted by atomic mass is 9.86. The third kappa shape index (κ3) is 4.08. The summed E-state index contributed by atoms with van der Waals surface area (Å²) in [6, 6.07) is 3.82. The van der Waals surface area contributed by atoms with E-state index >= 15 is 0 Å². The van der Waals surface area contributed by atoms with Crippen molar-refractivity contribution >= 4 is 0 Å². The zero-order valence-electron chi connectivity index (χ0n) is 10.5. The maximum Gasteiger partial charge on any atom is 0.159 e. The summed E-state index contributed by atoms with van der Waals surface area (Å²) in [6.45, 7) is 4.01. The van der Waals surface area contributed by atoms with Crippen molar-refractivity contribution < 1.29 is 13.9 Å². The van der Waals surface area contributed by atoms with E-state index in [0.717, 1.165) is 18.9 Å². The number of benzene rings is 1. The Kier molecular flexibility index (Phi) is 5.06. The standard InChI is InChI=1S/C14H20F2O/c1-3-7-14(17,8-4-2)10-11-5-6-12(15)13(16)9-11/h5-6,9,17H,3-4,7-8,10H2,1-2H3. The second-order valence-corrected chi connectivity index (χ2v) is 4.65. The Hall–Kier alpha value is -0.960. The van der Waals surface area contributed by atoms with Crippen molar-refractivity contribution in [2.45, 2.75) is 51.6 Å². The molecule has 96 valence electrons. The minimum Gasteiger partial charge on any atom is -0.390 e. The maximum atomic E-state index is 13.1. The molecule has 0 aliphatic heterocycles. The fourth-order valence-electron chi connectivity index (χ4n) is 2.26. The van der Waals surface area contributed by atoms with E-state index in [1.165, 1.54) is 12.1 Å². The highest BCUT2D eigenvalue weighted by atomic mass is 19.2. The number of aliphatic hydroxyl groups is 1. The lowest BCUT2D eigenvalue weighted by molar-refractivity contribution is 0.0215. The van der Waals surface area contributed by atoms with Crippen molar-refractivity contribution in [1.82, 2.24) is 0 Å². The van der Waals surface area contributed by atoms with Crippen LogP contribution in [0.1, 0.15) is 45.1 Å². The highest BCUT2D eigenvalue weighted by Gasteiger charge is 2.25. The van der Waals surface area contributed by atoms with Gasteiger partial charge in [-0.25, -0.2) is 8.78 Å². The first-order chi connectivity index (χ1) is 8.00. The Morgan fingerprint density at radius 2 is 1.65 bits per heavy atom. The van der Waals surface area contributed by atoms with E-state index in [-0.39, 0.29) is 0 Å². The van der Waals surface area contributed by atoms with Gasteiger partial charge in [0, 0.05) is 6.42 Å². The van der Waals surface area contributed by atoms with E-state index in [1.54, 1.807) is 0 Å². The molecule has 1 nitrogen and oxygen atoms in total. The molecule has 0 heterocycles. The first kappa shape index (κ1) is 14.1. The zero-order valence-corrected chi connectivity index (χ0v) is 10.5. The largest absolute Gasteiger partial charge is 0.390 e. The van der Waals surface area contributed by atoms with Crippen LogP contribution in [0, 0.1) is 11.6 Å². The van der Waals surface area contributed by atoms with Gasteiger partial charge in [0.15, 0.2) is 11.6 Å².